The molecule has 0 aromatic carbocycles. The lowest BCUT2D eigenvalue weighted by molar-refractivity contribution is -0.0553. The lowest BCUT2D eigenvalue weighted by atomic mass is 9.99. The molecule has 1 saturated heterocycles. The van der Waals surface area contributed by atoms with Crippen LogP contribution in [0.15, 0.2) is 11.0 Å². The summed E-state index contributed by atoms with van der Waals surface area (Å²) in [6.45, 7) is 4.97. The molecule has 2 rings (SSSR count). The Bertz CT molecular complexity index is 718. The molecule has 4 N–H and O–H groups in total. The highest BCUT2D eigenvalue weighted by Gasteiger charge is 2.44. The van der Waals surface area contributed by atoms with Gasteiger partial charge in [0.1, 0.15) is 18.3 Å². The van der Waals surface area contributed by atoms with Crippen molar-refractivity contribution in [3.63, 3.8) is 0 Å². The molecular formula is C15H22FN3O7. The van der Waals surface area contributed by atoms with Crippen LogP contribution in [-0.2, 0) is 9.47 Å². The van der Waals surface area contributed by atoms with Gasteiger partial charge in [-0.1, -0.05) is 20.8 Å². The lowest BCUT2D eigenvalue weighted by Gasteiger charge is -2.19. The molecular weight excluding hydrogens is 353 g/mol. The number of anilines is 1. The van der Waals surface area contributed by atoms with E-state index in [1.54, 1.807) is 0 Å². The van der Waals surface area contributed by atoms with Gasteiger partial charge in [-0.05, 0) is 5.41 Å². The first-order valence-corrected chi connectivity index (χ1v) is 7.88. The summed E-state index contributed by atoms with van der Waals surface area (Å²) in [6, 6.07) is 0. The minimum atomic E-state index is -1.57. The summed E-state index contributed by atoms with van der Waals surface area (Å²) in [6.07, 6.45) is -5.88. The van der Waals surface area contributed by atoms with Gasteiger partial charge < -0.3 is 24.8 Å². The molecule has 1 fully saturated rings. The second kappa shape index (κ2) is 7.66. The van der Waals surface area contributed by atoms with Gasteiger partial charge in [-0.2, -0.15) is 4.98 Å². The third kappa shape index (κ3) is 4.55. The number of nitrogens with one attached hydrogen (secondary N) is 1. The van der Waals surface area contributed by atoms with E-state index in [2.05, 4.69) is 4.98 Å². The van der Waals surface area contributed by atoms with E-state index in [0.29, 0.717) is 10.8 Å². The second-order valence-electron chi connectivity index (χ2n) is 7.12. The van der Waals surface area contributed by atoms with Crippen molar-refractivity contribution in [1.29, 1.82) is 0 Å². The van der Waals surface area contributed by atoms with Crippen molar-refractivity contribution in [3.8, 4) is 0 Å². The summed E-state index contributed by atoms with van der Waals surface area (Å²) in [4.78, 5) is 27.1. The van der Waals surface area contributed by atoms with Gasteiger partial charge in [0.2, 0.25) is 0 Å². The second-order valence-corrected chi connectivity index (χ2v) is 7.12. The van der Waals surface area contributed by atoms with E-state index < -0.39 is 54.6 Å². The number of hydrogen-bond donors (Lipinski definition) is 4. The maximum atomic E-state index is 14.2. The van der Waals surface area contributed by atoms with Gasteiger partial charge in [0.05, 0.1) is 19.4 Å². The number of aromatic nitrogens is 2. The number of nitrogens with zero attached hydrogens (tertiary/aromatic N) is 2. The van der Waals surface area contributed by atoms with Crippen LogP contribution in [0.1, 0.15) is 27.0 Å². The van der Waals surface area contributed by atoms with Crippen LogP contribution in [0, 0.1) is 11.2 Å². The van der Waals surface area contributed by atoms with E-state index in [1.807, 2.05) is 26.1 Å². The molecule has 11 heteroatoms. The lowest BCUT2D eigenvalue weighted by Crippen LogP contribution is -2.36. The van der Waals surface area contributed by atoms with E-state index in [9.17, 15) is 24.2 Å². The SMILES string of the molecule is CC(C)(C)COC(=O)Nc1nc(=O)n(C2O[C@H](CO)[C@@H](O)[C@H]2O)cc1F. The van der Waals surface area contributed by atoms with E-state index in [4.69, 9.17) is 14.6 Å². The summed E-state index contributed by atoms with van der Waals surface area (Å²) >= 11 is 0. The number of rotatable bonds is 4. The van der Waals surface area contributed by atoms with Crippen LogP contribution < -0.4 is 11.0 Å². The summed E-state index contributed by atoms with van der Waals surface area (Å²) in [7, 11) is 0. The quantitative estimate of drug-likeness (QED) is 0.556. The standard InChI is InChI=1S/C15H22FN3O7/c1-15(2,3)6-25-14(24)18-11-7(16)4-19(13(23)17-11)12-10(22)9(21)8(5-20)26-12/h4,8-10,12,20-22H,5-6H2,1-3H3,(H,17,18,23,24)/t8-,9-,10-,12?/m1/s1. The van der Waals surface area contributed by atoms with Crippen LogP contribution >= 0.6 is 0 Å². The molecule has 0 bridgehead atoms. The highest BCUT2D eigenvalue weighted by molar-refractivity contribution is 5.83. The Kier molecular flexibility index (Phi) is 5.96. The van der Waals surface area contributed by atoms with Gasteiger partial charge in [-0.15, -0.1) is 0 Å². The monoisotopic (exact) mass is 375 g/mol. The zero-order valence-electron chi connectivity index (χ0n) is 14.5. The zero-order chi connectivity index (χ0) is 19.6. The molecule has 26 heavy (non-hydrogen) atoms. The first-order valence-electron chi connectivity index (χ1n) is 7.88. The third-order valence-corrected chi connectivity index (χ3v) is 3.56. The van der Waals surface area contributed by atoms with Crippen LogP contribution in [0.3, 0.4) is 0 Å². The number of carbonyl (C=O) groups excluding carboxylic acids is 1. The fourth-order valence-corrected chi connectivity index (χ4v) is 2.24. The molecule has 0 spiro atoms. The van der Waals surface area contributed by atoms with Gasteiger partial charge in [0.15, 0.2) is 17.9 Å². The van der Waals surface area contributed by atoms with E-state index in [0.717, 1.165) is 0 Å². The molecule has 4 atom stereocenters. The maximum Gasteiger partial charge on any atom is 0.412 e. The van der Waals surface area contributed by atoms with Gasteiger partial charge in [0.25, 0.3) is 0 Å². The molecule has 0 aliphatic carbocycles. The molecule has 1 unspecified atom stereocenters. The molecule has 1 aromatic heterocycles. The number of hydrogen-bond acceptors (Lipinski definition) is 8. The van der Waals surface area contributed by atoms with Crippen molar-refractivity contribution in [2.75, 3.05) is 18.5 Å². The smallest absolute Gasteiger partial charge is 0.412 e. The molecule has 2 heterocycles. The Morgan fingerprint density at radius 1 is 1.42 bits per heavy atom. The Morgan fingerprint density at radius 3 is 2.62 bits per heavy atom. The highest BCUT2D eigenvalue weighted by atomic mass is 19.1. The van der Waals surface area contributed by atoms with Crippen molar-refractivity contribution in [2.45, 2.75) is 45.3 Å². The maximum absolute atomic E-state index is 14.2. The largest absolute Gasteiger partial charge is 0.449 e. The summed E-state index contributed by atoms with van der Waals surface area (Å²) < 4.78 is 24.9. The Labute approximate surface area is 148 Å². The fourth-order valence-electron chi connectivity index (χ4n) is 2.24. The van der Waals surface area contributed by atoms with Crippen LogP contribution in [-0.4, -0.2) is 62.5 Å². The highest BCUT2D eigenvalue weighted by Crippen LogP contribution is 2.28. The average Bonchev–Trinajstić information content (AvgIpc) is 2.83. The first kappa shape index (κ1) is 20.2. The minimum absolute atomic E-state index is 0.0695. The molecule has 1 aliphatic heterocycles. The van der Waals surface area contributed by atoms with Crippen molar-refractivity contribution in [2.24, 2.45) is 5.41 Å². The molecule has 0 saturated carbocycles. The van der Waals surface area contributed by atoms with E-state index in [-0.39, 0.29) is 12.0 Å². The van der Waals surface area contributed by atoms with Crippen LogP contribution in [0.2, 0.25) is 0 Å². The zero-order valence-corrected chi connectivity index (χ0v) is 14.5. The van der Waals surface area contributed by atoms with Gasteiger partial charge in [0, 0.05) is 0 Å². The molecule has 146 valence electrons. The van der Waals surface area contributed by atoms with Crippen molar-refractivity contribution in [1.82, 2.24) is 9.55 Å². The molecule has 1 aliphatic rings. The summed E-state index contributed by atoms with van der Waals surface area (Å²) in [5.41, 5.74) is -1.33. The summed E-state index contributed by atoms with van der Waals surface area (Å²) in [5.74, 6) is -1.72. The van der Waals surface area contributed by atoms with Crippen molar-refractivity contribution in [3.05, 3.63) is 22.5 Å². The average molecular weight is 375 g/mol. The Morgan fingerprint density at radius 2 is 2.08 bits per heavy atom. The third-order valence-electron chi connectivity index (χ3n) is 3.56. The first-order chi connectivity index (χ1) is 12.0. The van der Waals surface area contributed by atoms with E-state index in [1.165, 1.54) is 0 Å². The predicted octanol–water partition coefficient (Wildman–Crippen LogP) is -0.411. The van der Waals surface area contributed by atoms with Crippen LogP contribution in [0.25, 0.3) is 0 Å². The Balaban J connectivity index is 2.16. The van der Waals surface area contributed by atoms with Crippen molar-refractivity contribution < 1.29 is 34.0 Å². The van der Waals surface area contributed by atoms with E-state index >= 15 is 0 Å². The Hall–Kier alpha value is -2.08. The number of carbonyl (C=O) groups is 1. The van der Waals surface area contributed by atoms with Crippen LogP contribution in [0.4, 0.5) is 15.0 Å². The topological polar surface area (TPSA) is 143 Å². The number of ether oxygens (including phenoxy) is 2. The number of aliphatic hydroxyl groups excluding tert-OH is 3. The molecule has 1 aromatic rings. The molecule has 10 nitrogen and oxygen atoms in total. The van der Waals surface area contributed by atoms with Crippen LogP contribution in [0.5, 0.6) is 0 Å². The number of aliphatic hydroxyl groups is 3. The number of halogens is 1. The molecule has 1 amide bonds. The minimum Gasteiger partial charge on any atom is -0.449 e. The summed E-state index contributed by atoms with van der Waals surface area (Å²) in [5, 5.41) is 30.7. The predicted molar refractivity (Wildman–Crippen MR) is 85.9 cm³/mol. The van der Waals surface area contributed by atoms with Gasteiger partial charge in [-0.25, -0.2) is 14.0 Å². The normalized spacial score (nSPS) is 26.0. The molecule has 0 radical (unpaired) electrons. The van der Waals surface area contributed by atoms with Gasteiger partial charge >= 0.3 is 11.8 Å². The van der Waals surface area contributed by atoms with Crippen molar-refractivity contribution >= 4 is 11.9 Å². The fraction of sp³-hybridized carbons (Fsp3) is 0.667. The van der Waals surface area contributed by atoms with Gasteiger partial charge in [-0.3, -0.25) is 9.88 Å². The number of amides is 1.